The minimum Gasteiger partial charge on any atom is -0.456 e. The lowest BCUT2D eigenvalue weighted by molar-refractivity contribution is 0.668. The van der Waals surface area contributed by atoms with E-state index >= 15 is 0 Å². The normalized spacial score (nSPS) is 12.2. The lowest BCUT2D eigenvalue weighted by Gasteiger charge is -2.13. The van der Waals surface area contributed by atoms with Crippen LogP contribution in [-0.4, -0.2) is 19.5 Å². The highest BCUT2D eigenvalue weighted by Gasteiger charge is 2.23. The standard InChI is InChI=1S/C59H32N4O3/c1-2-12-35-29-48-47(28-34(35)11-1)45-17-9-16-40(36-20-26-46-54(30-36)66-51-27-23-33-10-3-4-13-39(33)55(46)51)56(45)63(48)59-61-57(37-21-24-43-41-14-5-7-18-49(41)64-52(43)31-37)60-58(62-59)38-22-25-44-42-15-6-8-19-50(42)65-53(44)32-38/h1-32H. The van der Waals surface area contributed by atoms with E-state index in [-0.39, 0.29) is 0 Å². The van der Waals surface area contributed by atoms with Crippen molar-refractivity contribution in [3.63, 3.8) is 0 Å². The van der Waals surface area contributed by atoms with Crippen LogP contribution in [0.3, 0.4) is 0 Å². The van der Waals surface area contributed by atoms with Crippen LogP contribution < -0.4 is 0 Å². The molecule has 0 aliphatic heterocycles. The fraction of sp³-hybridized carbons (Fsp3) is 0. The molecular formula is C59H32N4O3. The number of fused-ring (bicyclic) bond motifs is 15. The number of nitrogens with zero attached hydrogens (tertiary/aromatic N) is 4. The third-order valence-corrected chi connectivity index (χ3v) is 13.4. The highest BCUT2D eigenvalue weighted by atomic mass is 16.3. The molecule has 0 radical (unpaired) electrons. The predicted octanol–water partition coefficient (Wildman–Crippen LogP) is 16.0. The zero-order valence-electron chi connectivity index (χ0n) is 35.0. The van der Waals surface area contributed by atoms with Crippen LogP contribution >= 0.6 is 0 Å². The number of hydrogen-bond donors (Lipinski definition) is 0. The molecule has 10 aromatic carbocycles. The van der Waals surface area contributed by atoms with Gasteiger partial charge in [-0.05, 0) is 93.8 Å². The molecule has 66 heavy (non-hydrogen) atoms. The molecule has 0 unspecified atom stereocenters. The van der Waals surface area contributed by atoms with Gasteiger partial charge in [0.1, 0.15) is 33.5 Å². The number of rotatable bonds is 4. The van der Waals surface area contributed by atoms with Crippen LogP contribution in [0.4, 0.5) is 0 Å². The molecule has 0 N–H and O–H groups in total. The number of hydrogen-bond acceptors (Lipinski definition) is 6. The fourth-order valence-electron chi connectivity index (χ4n) is 10.4. The molecule has 0 fully saturated rings. The van der Waals surface area contributed by atoms with Crippen molar-refractivity contribution in [3.8, 4) is 39.9 Å². The van der Waals surface area contributed by atoms with Crippen molar-refractivity contribution < 1.29 is 13.3 Å². The molecule has 0 saturated carbocycles. The van der Waals surface area contributed by atoms with Crippen LogP contribution in [0.5, 0.6) is 0 Å². The quantitative estimate of drug-likeness (QED) is 0.175. The van der Waals surface area contributed by atoms with Crippen LogP contribution in [0.25, 0.3) is 149 Å². The van der Waals surface area contributed by atoms with Gasteiger partial charge < -0.3 is 13.3 Å². The number of aromatic nitrogens is 4. The Balaban J connectivity index is 1.02. The number of furan rings is 3. The summed E-state index contributed by atoms with van der Waals surface area (Å²) in [4.78, 5) is 16.1. The van der Waals surface area contributed by atoms with E-state index in [4.69, 9.17) is 28.2 Å². The van der Waals surface area contributed by atoms with Gasteiger partial charge >= 0.3 is 0 Å². The monoisotopic (exact) mass is 844 g/mol. The summed E-state index contributed by atoms with van der Waals surface area (Å²) in [5.41, 5.74) is 10.5. The Labute approximate surface area is 374 Å². The summed E-state index contributed by atoms with van der Waals surface area (Å²) in [5, 5.41) is 13.2. The molecule has 5 aromatic heterocycles. The molecule has 0 saturated heterocycles. The second kappa shape index (κ2) is 13.2. The molecule has 5 heterocycles. The smallest absolute Gasteiger partial charge is 0.238 e. The summed E-state index contributed by atoms with van der Waals surface area (Å²) in [6.07, 6.45) is 0. The van der Waals surface area contributed by atoms with Gasteiger partial charge in [-0.1, -0.05) is 127 Å². The molecule has 0 bridgehead atoms. The predicted molar refractivity (Wildman–Crippen MR) is 267 cm³/mol. The SMILES string of the molecule is c1ccc2cc3c(cc2c1)c1cccc(-c2ccc4c(c2)oc2ccc5ccccc5c24)c1n3-c1nc(-c2ccc3c(c2)oc2ccccc23)nc(-c2ccc3c(c2)oc2ccccc23)n1. The lowest BCUT2D eigenvalue weighted by atomic mass is 9.99. The average molecular weight is 845 g/mol. The average Bonchev–Trinajstić information content (AvgIpc) is 4.13. The summed E-state index contributed by atoms with van der Waals surface area (Å²) >= 11 is 0. The number of benzene rings is 10. The minimum atomic E-state index is 0.489. The van der Waals surface area contributed by atoms with Crippen molar-refractivity contribution in [3.05, 3.63) is 194 Å². The van der Waals surface area contributed by atoms with E-state index in [1.807, 2.05) is 48.5 Å². The summed E-state index contributed by atoms with van der Waals surface area (Å²) < 4.78 is 21.7. The highest BCUT2D eigenvalue weighted by Crippen LogP contribution is 2.43. The first-order valence-corrected chi connectivity index (χ1v) is 22.1. The zero-order chi connectivity index (χ0) is 43.0. The van der Waals surface area contributed by atoms with E-state index in [1.54, 1.807) is 0 Å². The van der Waals surface area contributed by atoms with Crippen molar-refractivity contribution in [2.45, 2.75) is 0 Å². The van der Waals surface area contributed by atoms with Crippen molar-refractivity contribution in [2.75, 3.05) is 0 Å². The fourth-order valence-corrected chi connectivity index (χ4v) is 10.4. The molecule has 0 aliphatic rings. The minimum absolute atomic E-state index is 0.489. The second-order valence-corrected chi connectivity index (χ2v) is 17.1. The molecule has 7 heteroatoms. The first-order valence-electron chi connectivity index (χ1n) is 22.1. The second-order valence-electron chi connectivity index (χ2n) is 17.1. The van der Waals surface area contributed by atoms with E-state index in [0.29, 0.717) is 17.6 Å². The molecule has 15 aromatic rings. The Morgan fingerprint density at radius 3 is 1.56 bits per heavy atom. The Morgan fingerprint density at radius 2 is 0.848 bits per heavy atom. The Hall–Kier alpha value is -9.07. The van der Waals surface area contributed by atoms with Gasteiger partial charge in [0.2, 0.25) is 5.95 Å². The van der Waals surface area contributed by atoms with Gasteiger partial charge in [-0.25, -0.2) is 4.98 Å². The maximum atomic E-state index is 6.63. The van der Waals surface area contributed by atoms with Crippen LogP contribution in [0.2, 0.25) is 0 Å². The van der Waals surface area contributed by atoms with Crippen molar-refractivity contribution in [1.29, 1.82) is 0 Å². The van der Waals surface area contributed by atoms with Crippen LogP contribution in [-0.2, 0) is 0 Å². The summed E-state index contributed by atoms with van der Waals surface area (Å²) in [5.74, 6) is 1.53. The van der Waals surface area contributed by atoms with E-state index in [2.05, 4.69) is 150 Å². The third-order valence-electron chi connectivity index (χ3n) is 13.4. The van der Waals surface area contributed by atoms with E-state index < -0.39 is 0 Å². The molecule has 0 amide bonds. The van der Waals surface area contributed by atoms with Crippen LogP contribution in [0.1, 0.15) is 0 Å². The number of para-hydroxylation sites is 3. The van der Waals surface area contributed by atoms with Crippen molar-refractivity contribution >= 4 is 109 Å². The van der Waals surface area contributed by atoms with E-state index in [1.165, 1.54) is 10.8 Å². The van der Waals surface area contributed by atoms with Crippen LogP contribution in [0.15, 0.2) is 207 Å². The largest absolute Gasteiger partial charge is 0.456 e. The van der Waals surface area contributed by atoms with E-state index in [0.717, 1.165) is 121 Å². The summed E-state index contributed by atoms with van der Waals surface area (Å²) in [7, 11) is 0. The molecule has 306 valence electrons. The van der Waals surface area contributed by atoms with Gasteiger partial charge in [0.15, 0.2) is 11.6 Å². The molecule has 0 aliphatic carbocycles. The Morgan fingerprint density at radius 1 is 0.318 bits per heavy atom. The maximum absolute atomic E-state index is 6.63. The van der Waals surface area contributed by atoms with Gasteiger partial charge in [0.05, 0.1) is 11.0 Å². The van der Waals surface area contributed by atoms with Gasteiger partial charge in [0.25, 0.3) is 0 Å². The van der Waals surface area contributed by atoms with Crippen molar-refractivity contribution in [1.82, 2.24) is 19.5 Å². The molecule has 0 spiro atoms. The van der Waals surface area contributed by atoms with Crippen LogP contribution in [0, 0.1) is 0 Å². The maximum Gasteiger partial charge on any atom is 0.238 e. The topological polar surface area (TPSA) is 83.0 Å². The third kappa shape index (κ3) is 5.10. The van der Waals surface area contributed by atoms with E-state index in [9.17, 15) is 0 Å². The molecule has 0 atom stereocenters. The first kappa shape index (κ1) is 35.4. The first-order chi connectivity index (χ1) is 32.7. The zero-order valence-corrected chi connectivity index (χ0v) is 35.0. The molecule has 7 nitrogen and oxygen atoms in total. The lowest BCUT2D eigenvalue weighted by Crippen LogP contribution is -2.07. The van der Waals surface area contributed by atoms with Gasteiger partial charge in [0, 0.05) is 59.8 Å². The summed E-state index contributed by atoms with van der Waals surface area (Å²) in [6.45, 7) is 0. The van der Waals surface area contributed by atoms with Gasteiger partial charge in [-0.3, -0.25) is 4.57 Å². The van der Waals surface area contributed by atoms with Crippen molar-refractivity contribution in [2.24, 2.45) is 0 Å². The summed E-state index contributed by atoms with van der Waals surface area (Å²) in [6, 6.07) is 67.5. The molecule has 15 rings (SSSR count). The molecular weight excluding hydrogens is 813 g/mol. The Bertz CT molecular complexity index is 4420. The van der Waals surface area contributed by atoms with Gasteiger partial charge in [-0.2, -0.15) is 9.97 Å². The van der Waals surface area contributed by atoms with Gasteiger partial charge in [-0.15, -0.1) is 0 Å². The highest BCUT2D eigenvalue weighted by molar-refractivity contribution is 6.20. The Kier molecular flexibility index (Phi) is 7.10.